The van der Waals surface area contributed by atoms with E-state index in [1.54, 1.807) is 13.0 Å². The van der Waals surface area contributed by atoms with Gasteiger partial charge in [0.15, 0.2) is 11.5 Å². The highest BCUT2D eigenvalue weighted by Gasteiger charge is 2.53. The topological polar surface area (TPSA) is 76.1 Å². The van der Waals surface area contributed by atoms with Gasteiger partial charge in [-0.2, -0.15) is 0 Å². The number of unbranched alkanes of at least 4 members (excludes halogenated alkanes) is 2. The number of rotatable bonds is 8. The number of fused-ring (bicyclic) bond motifs is 2. The summed E-state index contributed by atoms with van der Waals surface area (Å²) in [5.41, 5.74) is 1.41. The molecule has 0 aromatic heterocycles. The number of anilines is 1. The Morgan fingerprint density at radius 1 is 1.17 bits per heavy atom. The van der Waals surface area contributed by atoms with E-state index in [2.05, 4.69) is 6.92 Å². The Morgan fingerprint density at radius 2 is 1.93 bits per heavy atom. The molecule has 2 unspecified atom stereocenters. The molecule has 158 valence electrons. The van der Waals surface area contributed by atoms with Crippen molar-refractivity contribution in [2.75, 3.05) is 18.2 Å². The van der Waals surface area contributed by atoms with Crippen LogP contribution in [-0.4, -0.2) is 30.3 Å². The Hall–Kier alpha value is -3.02. The maximum atomic E-state index is 14.0. The summed E-state index contributed by atoms with van der Waals surface area (Å²) in [6, 6.07) is 13.3. The number of amides is 1. The summed E-state index contributed by atoms with van der Waals surface area (Å²) >= 11 is 0. The fourth-order valence-corrected chi connectivity index (χ4v) is 4.57. The van der Waals surface area contributed by atoms with Crippen LogP contribution in [0.4, 0.5) is 5.69 Å². The van der Waals surface area contributed by atoms with Gasteiger partial charge in [0.1, 0.15) is 5.41 Å². The minimum Gasteiger partial charge on any atom is -0.481 e. The monoisotopic (exact) mass is 409 g/mol. The first kappa shape index (κ1) is 20.3. The molecule has 0 saturated carbocycles. The summed E-state index contributed by atoms with van der Waals surface area (Å²) < 4.78 is 11.0. The van der Waals surface area contributed by atoms with Crippen LogP contribution >= 0.6 is 0 Å². The molecule has 2 aliphatic heterocycles. The highest BCUT2D eigenvalue weighted by molar-refractivity contribution is 6.10. The third-order valence-corrected chi connectivity index (χ3v) is 6.15. The molecule has 0 aliphatic carbocycles. The number of ether oxygens (including phenoxy) is 2. The van der Waals surface area contributed by atoms with Crippen molar-refractivity contribution in [3.05, 3.63) is 53.6 Å². The zero-order valence-corrected chi connectivity index (χ0v) is 17.4. The van der Waals surface area contributed by atoms with Gasteiger partial charge in [-0.05, 0) is 42.2 Å². The van der Waals surface area contributed by atoms with Gasteiger partial charge in [-0.1, -0.05) is 51.0 Å². The van der Waals surface area contributed by atoms with Crippen molar-refractivity contribution in [2.24, 2.45) is 5.92 Å². The van der Waals surface area contributed by atoms with Crippen LogP contribution in [0, 0.1) is 5.92 Å². The van der Waals surface area contributed by atoms with Crippen LogP contribution in [0.5, 0.6) is 11.5 Å². The zero-order valence-electron chi connectivity index (χ0n) is 17.4. The van der Waals surface area contributed by atoms with E-state index in [0.717, 1.165) is 36.1 Å². The van der Waals surface area contributed by atoms with Crippen molar-refractivity contribution in [3.8, 4) is 11.5 Å². The molecule has 6 nitrogen and oxygen atoms in total. The lowest BCUT2D eigenvalue weighted by Crippen LogP contribution is -2.43. The van der Waals surface area contributed by atoms with Crippen LogP contribution in [0.2, 0.25) is 0 Å². The maximum Gasteiger partial charge on any atom is 0.306 e. The van der Waals surface area contributed by atoms with Crippen molar-refractivity contribution in [1.29, 1.82) is 0 Å². The minimum absolute atomic E-state index is 0.0632. The third-order valence-electron chi connectivity index (χ3n) is 6.15. The fraction of sp³-hybridized carbons (Fsp3) is 0.417. The van der Waals surface area contributed by atoms with Crippen molar-refractivity contribution < 1.29 is 24.2 Å². The highest BCUT2D eigenvalue weighted by atomic mass is 16.7. The smallest absolute Gasteiger partial charge is 0.306 e. The Morgan fingerprint density at radius 3 is 2.70 bits per heavy atom. The molecule has 0 fully saturated rings. The first-order chi connectivity index (χ1) is 14.5. The van der Waals surface area contributed by atoms with E-state index < -0.39 is 17.3 Å². The Bertz CT molecular complexity index is 972. The number of aliphatic carboxylic acids is 1. The number of hydrogen-bond donors (Lipinski definition) is 1. The molecule has 2 heterocycles. The lowest BCUT2D eigenvalue weighted by Gasteiger charge is -2.31. The molecule has 1 N–H and O–H groups in total. The molecule has 6 heteroatoms. The Labute approximate surface area is 176 Å². The second-order valence-corrected chi connectivity index (χ2v) is 8.10. The molecular weight excluding hydrogens is 382 g/mol. The van der Waals surface area contributed by atoms with Crippen LogP contribution in [0.25, 0.3) is 0 Å². The van der Waals surface area contributed by atoms with E-state index >= 15 is 0 Å². The summed E-state index contributed by atoms with van der Waals surface area (Å²) in [7, 11) is 0. The summed E-state index contributed by atoms with van der Waals surface area (Å²) in [5, 5.41) is 9.66. The first-order valence-electron chi connectivity index (χ1n) is 10.5. The number of benzene rings is 2. The second kappa shape index (κ2) is 8.01. The van der Waals surface area contributed by atoms with Crippen LogP contribution in [0.3, 0.4) is 0 Å². The number of nitrogens with zero attached hydrogens (tertiary/aromatic N) is 1. The Balaban J connectivity index is 1.86. The third kappa shape index (κ3) is 3.20. The second-order valence-electron chi connectivity index (χ2n) is 8.10. The molecule has 4 rings (SSSR count). The Kier molecular flexibility index (Phi) is 5.41. The lowest BCUT2D eigenvalue weighted by atomic mass is 9.70. The quantitative estimate of drug-likeness (QED) is 0.656. The maximum absolute atomic E-state index is 14.0. The number of carboxylic acid groups (broad SMARTS) is 1. The van der Waals surface area contributed by atoms with Gasteiger partial charge in [-0.25, -0.2) is 0 Å². The molecule has 2 aromatic carbocycles. The van der Waals surface area contributed by atoms with Gasteiger partial charge in [0.2, 0.25) is 12.7 Å². The molecule has 30 heavy (non-hydrogen) atoms. The number of hydrogen-bond acceptors (Lipinski definition) is 4. The van der Waals surface area contributed by atoms with Crippen molar-refractivity contribution in [1.82, 2.24) is 0 Å². The van der Waals surface area contributed by atoms with Gasteiger partial charge in [0, 0.05) is 12.2 Å². The molecule has 0 bridgehead atoms. The minimum atomic E-state index is -1.07. The summed E-state index contributed by atoms with van der Waals surface area (Å²) in [6.45, 7) is 4.56. The zero-order chi connectivity index (χ0) is 21.3. The lowest BCUT2D eigenvalue weighted by molar-refractivity contribution is -0.142. The van der Waals surface area contributed by atoms with Crippen LogP contribution < -0.4 is 14.4 Å². The normalized spacial score (nSPS) is 20.3. The molecule has 2 aliphatic rings. The summed E-state index contributed by atoms with van der Waals surface area (Å²) in [4.78, 5) is 27.6. The van der Waals surface area contributed by atoms with Gasteiger partial charge in [-0.3, -0.25) is 9.59 Å². The number of carbonyl (C=O) groups excluding carboxylic acids is 1. The van der Waals surface area contributed by atoms with Gasteiger partial charge in [-0.15, -0.1) is 0 Å². The van der Waals surface area contributed by atoms with E-state index in [1.165, 1.54) is 0 Å². The number of para-hydroxylation sites is 1. The highest BCUT2D eigenvalue weighted by Crippen LogP contribution is 2.51. The van der Waals surface area contributed by atoms with Gasteiger partial charge >= 0.3 is 5.97 Å². The molecule has 1 amide bonds. The molecule has 2 atom stereocenters. The SMILES string of the molecule is CCCCCN1C(=O)C(CC(C)C(=O)O)(c2ccc3c(c2)OCO3)c2ccccc21. The van der Waals surface area contributed by atoms with E-state index in [9.17, 15) is 14.7 Å². The van der Waals surface area contributed by atoms with Gasteiger partial charge in [0.05, 0.1) is 5.92 Å². The average molecular weight is 409 g/mol. The van der Waals surface area contributed by atoms with Crippen molar-refractivity contribution >= 4 is 17.6 Å². The van der Waals surface area contributed by atoms with Crippen LogP contribution in [0.1, 0.15) is 50.7 Å². The number of carbonyl (C=O) groups is 2. The molecule has 2 aromatic rings. The van der Waals surface area contributed by atoms with Crippen molar-refractivity contribution in [2.45, 2.75) is 44.9 Å². The van der Waals surface area contributed by atoms with E-state index in [-0.39, 0.29) is 19.1 Å². The average Bonchev–Trinajstić information content (AvgIpc) is 3.30. The predicted molar refractivity (Wildman–Crippen MR) is 113 cm³/mol. The van der Waals surface area contributed by atoms with E-state index in [1.807, 2.05) is 41.3 Å². The van der Waals surface area contributed by atoms with Gasteiger partial charge < -0.3 is 19.5 Å². The van der Waals surface area contributed by atoms with Crippen molar-refractivity contribution in [3.63, 3.8) is 0 Å². The first-order valence-corrected chi connectivity index (χ1v) is 10.5. The number of carboxylic acids is 1. The van der Waals surface area contributed by atoms with E-state index in [4.69, 9.17) is 9.47 Å². The molecule has 0 spiro atoms. The predicted octanol–water partition coefficient (Wildman–Crippen LogP) is 4.35. The largest absolute Gasteiger partial charge is 0.481 e. The van der Waals surface area contributed by atoms with E-state index in [0.29, 0.717) is 18.0 Å². The summed E-state index contributed by atoms with van der Waals surface area (Å²) in [6.07, 6.45) is 3.19. The fourth-order valence-electron chi connectivity index (χ4n) is 4.57. The molecule has 0 saturated heterocycles. The van der Waals surface area contributed by atoms with Crippen LogP contribution in [-0.2, 0) is 15.0 Å². The van der Waals surface area contributed by atoms with Crippen LogP contribution in [0.15, 0.2) is 42.5 Å². The summed E-state index contributed by atoms with van der Waals surface area (Å²) in [5.74, 6) is -0.442. The molecular formula is C24H27NO5. The van der Waals surface area contributed by atoms with Gasteiger partial charge in [0.25, 0.3) is 0 Å². The standard InChI is InChI=1S/C24H27NO5/c1-3-4-7-12-25-19-9-6-5-8-18(19)24(23(25)28,14-16(2)22(26)27)17-10-11-20-21(13-17)30-15-29-20/h5-6,8-11,13,16H,3-4,7,12,14-15H2,1-2H3,(H,26,27). The molecule has 0 radical (unpaired) electrons.